The molecule has 2 N–H and O–H groups in total. The molecule has 2 aliphatic rings. The molecule has 2 aromatic carbocycles. The lowest BCUT2D eigenvalue weighted by atomic mass is 10.1. The van der Waals surface area contributed by atoms with Crippen LogP contribution >= 0.6 is 0 Å². The van der Waals surface area contributed by atoms with Gasteiger partial charge < -0.3 is 5.43 Å². The van der Waals surface area contributed by atoms with Gasteiger partial charge in [0.1, 0.15) is 33.5 Å². The Morgan fingerprint density at radius 3 is 2.19 bits per heavy atom. The summed E-state index contributed by atoms with van der Waals surface area (Å²) >= 11 is 0. The number of aromatic amines is 1. The van der Waals surface area contributed by atoms with Crippen LogP contribution in [0.3, 0.4) is 0 Å². The molecule has 5 rings (SSSR count). The van der Waals surface area contributed by atoms with Crippen molar-refractivity contribution in [1.29, 1.82) is 0 Å². The summed E-state index contributed by atoms with van der Waals surface area (Å²) in [5.41, 5.74) is 8.27. The van der Waals surface area contributed by atoms with Gasteiger partial charge in [-0.2, -0.15) is 35.4 Å². The third-order valence-corrected chi connectivity index (χ3v) is 5.03. The van der Waals surface area contributed by atoms with Crippen LogP contribution < -0.4 is 10.8 Å². The minimum Gasteiger partial charge on any atom is -0.312 e. The first-order valence-electron chi connectivity index (χ1n) is 10.2. The Kier molecular flexibility index (Phi) is 5.16. The first kappa shape index (κ1) is 19.6. The quantitative estimate of drug-likeness (QED) is 0.321. The van der Waals surface area contributed by atoms with Crippen LogP contribution in [0.2, 0.25) is 0 Å². The molecule has 10 heteroatoms. The molecule has 0 unspecified atom stereocenters. The van der Waals surface area contributed by atoms with Crippen LogP contribution in [-0.2, 0) is 13.1 Å². The highest BCUT2D eigenvalue weighted by Crippen LogP contribution is 2.33. The van der Waals surface area contributed by atoms with E-state index >= 15 is 0 Å². The Morgan fingerprint density at radius 1 is 0.875 bits per heavy atom. The predicted molar refractivity (Wildman–Crippen MR) is 120 cm³/mol. The number of hydrogen-bond donors (Lipinski definition) is 2. The number of nitrogens with zero attached hydrogens (tertiary/aromatic N) is 8. The minimum absolute atomic E-state index is 0.534. The van der Waals surface area contributed by atoms with Crippen molar-refractivity contribution in [3.63, 3.8) is 0 Å². The molecule has 0 atom stereocenters. The van der Waals surface area contributed by atoms with Gasteiger partial charge in [-0.15, -0.1) is 0 Å². The maximum Gasteiger partial charge on any atom is 0.145 e. The maximum atomic E-state index is 4.76. The van der Waals surface area contributed by atoms with Gasteiger partial charge in [0, 0.05) is 14.1 Å². The van der Waals surface area contributed by atoms with Gasteiger partial charge in [0.25, 0.3) is 0 Å². The summed E-state index contributed by atoms with van der Waals surface area (Å²) in [6.07, 6.45) is 0. The Labute approximate surface area is 183 Å². The van der Waals surface area contributed by atoms with Crippen LogP contribution in [0.1, 0.15) is 11.1 Å². The molecule has 1 aliphatic heterocycles. The van der Waals surface area contributed by atoms with E-state index in [1.165, 1.54) is 0 Å². The Balaban J connectivity index is 1.70. The highest BCUT2D eigenvalue weighted by atomic mass is 15.5. The zero-order chi connectivity index (χ0) is 21.9. The Hall–Kier alpha value is -4.34. The number of rotatable bonds is 6. The lowest BCUT2D eigenvalue weighted by molar-refractivity contribution is 0.595. The molecule has 0 amide bonds. The van der Waals surface area contributed by atoms with Crippen molar-refractivity contribution in [2.75, 3.05) is 14.1 Å². The van der Waals surface area contributed by atoms with Crippen LogP contribution in [-0.4, -0.2) is 44.1 Å². The highest BCUT2D eigenvalue weighted by Gasteiger charge is 2.25. The molecule has 0 saturated carbocycles. The number of aromatic nitrogens is 6. The Bertz CT molecular complexity index is 1370. The lowest BCUT2D eigenvalue weighted by Gasteiger charge is -2.01. The van der Waals surface area contributed by atoms with Gasteiger partial charge in [0.15, 0.2) is 0 Å². The topological polar surface area (TPSA) is 113 Å². The second-order valence-electron chi connectivity index (χ2n) is 7.22. The van der Waals surface area contributed by atoms with E-state index in [2.05, 4.69) is 38.0 Å². The number of fused-ring (bicyclic) bond motifs is 2. The average Bonchev–Trinajstić information content (AvgIpc) is 3.42. The van der Waals surface area contributed by atoms with E-state index in [9.17, 15) is 0 Å². The average molecular weight is 426 g/mol. The number of azo groups is 1. The molecule has 160 valence electrons. The molecule has 0 saturated heterocycles. The molecule has 2 heterocycles. The summed E-state index contributed by atoms with van der Waals surface area (Å²) in [6, 6.07) is 20.2. The summed E-state index contributed by atoms with van der Waals surface area (Å²) in [5.74, 6) is 0. The number of H-pyrrole nitrogens is 1. The molecule has 32 heavy (non-hydrogen) atoms. The molecule has 3 aromatic rings. The van der Waals surface area contributed by atoms with E-state index in [-0.39, 0.29) is 0 Å². The lowest BCUT2D eigenvalue weighted by Crippen LogP contribution is -2.15. The number of benzene rings is 3. The Morgan fingerprint density at radius 2 is 1.53 bits per heavy atom. The van der Waals surface area contributed by atoms with Gasteiger partial charge in [-0.3, -0.25) is 5.10 Å². The van der Waals surface area contributed by atoms with Crippen molar-refractivity contribution < 1.29 is 0 Å². The third-order valence-electron chi connectivity index (χ3n) is 5.03. The van der Waals surface area contributed by atoms with Crippen LogP contribution in [0, 0.1) is 0 Å². The van der Waals surface area contributed by atoms with Crippen molar-refractivity contribution in [1.82, 2.24) is 35.4 Å². The first-order valence-corrected chi connectivity index (χ1v) is 10.2. The fraction of sp³-hybridized carbons (Fsp3) is 0.182. The molecular formula is C22H22N10. The van der Waals surface area contributed by atoms with Gasteiger partial charge in [-0.25, -0.2) is 4.80 Å². The zero-order valence-corrected chi connectivity index (χ0v) is 17.8. The molecular weight excluding hydrogens is 404 g/mol. The van der Waals surface area contributed by atoms with Crippen LogP contribution in [0.25, 0.3) is 22.4 Å². The van der Waals surface area contributed by atoms with Gasteiger partial charge >= 0.3 is 0 Å². The zero-order valence-electron chi connectivity index (χ0n) is 17.8. The molecule has 10 nitrogen and oxygen atoms in total. The summed E-state index contributed by atoms with van der Waals surface area (Å²) in [5, 5.41) is 31.0. The second-order valence-corrected chi connectivity index (χ2v) is 7.22. The van der Waals surface area contributed by atoms with Gasteiger partial charge in [-0.05, 0) is 11.1 Å². The number of nitrogens with one attached hydrogen (secondary N) is 2. The SMILES string of the molecule is CN=Nc1c2[nH]n(Cc3ccccc3)nc-2/c(=N\NC)c2nn(Cc3ccccc3)nc12. The predicted octanol–water partition coefficient (Wildman–Crippen LogP) is 2.91. The van der Waals surface area contributed by atoms with E-state index in [1.807, 2.05) is 48.5 Å². The van der Waals surface area contributed by atoms with Crippen LogP contribution in [0.15, 0.2) is 76.0 Å². The fourth-order valence-corrected chi connectivity index (χ4v) is 3.67. The van der Waals surface area contributed by atoms with Gasteiger partial charge in [0.05, 0.1) is 13.1 Å². The molecule has 0 fully saturated rings. The van der Waals surface area contributed by atoms with Crippen molar-refractivity contribution in [2.24, 2.45) is 15.3 Å². The van der Waals surface area contributed by atoms with Crippen LogP contribution in [0.5, 0.6) is 0 Å². The van der Waals surface area contributed by atoms with Crippen molar-refractivity contribution >= 4 is 16.7 Å². The standard InChI is InChI=1S/C22H22N10/c1-23-25-17-19-21(29-31(27-19)13-15-9-5-3-6-10-15)18(26-24-2)22-20(17)28-32(30-22)14-16-11-7-4-8-12-16/h3-12,23,29H,13-14H2,1-2H3/b25-17+,26-24?. The monoisotopic (exact) mass is 426 g/mol. The van der Waals surface area contributed by atoms with Crippen LogP contribution in [0.4, 0.5) is 5.69 Å². The molecule has 0 bridgehead atoms. The van der Waals surface area contributed by atoms with E-state index < -0.39 is 0 Å². The smallest absolute Gasteiger partial charge is 0.145 e. The number of hydrogen-bond acceptors (Lipinski definition) is 7. The van der Waals surface area contributed by atoms with Crippen molar-refractivity contribution in [3.05, 3.63) is 77.1 Å². The van der Waals surface area contributed by atoms with E-state index in [0.717, 1.165) is 11.1 Å². The fourth-order valence-electron chi connectivity index (χ4n) is 3.67. The molecule has 1 aliphatic carbocycles. The van der Waals surface area contributed by atoms with E-state index in [0.29, 0.717) is 46.6 Å². The van der Waals surface area contributed by atoms with E-state index in [4.69, 9.17) is 15.3 Å². The summed E-state index contributed by atoms with van der Waals surface area (Å²) < 4.78 is 0. The maximum absolute atomic E-state index is 4.76. The summed E-state index contributed by atoms with van der Waals surface area (Å²) in [4.78, 5) is 3.42. The third kappa shape index (κ3) is 3.62. The van der Waals surface area contributed by atoms with Crippen molar-refractivity contribution in [2.45, 2.75) is 13.1 Å². The minimum atomic E-state index is 0.534. The first-order chi connectivity index (χ1) is 15.8. The molecule has 1 aromatic heterocycles. The highest BCUT2D eigenvalue weighted by molar-refractivity contribution is 5.95. The van der Waals surface area contributed by atoms with Gasteiger partial charge in [0.2, 0.25) is 0 Å². The normalized spacial score (nSPS) is 12.4. The molecule has 0 radical (unpaired) electrons. The van der Waals surface area contributed by atoms with Crippen molar-refractivity contribution in [3.8, 4) is 11.4 Å². The summed E-state index contributed by atoms with van der Waals surface area (Å²) in [7, 11) is 3.38. The summed E-state index contributed by atoms with van der Waals surface area (Å²) in [6.45, 7) is 1.11. The van der Waals surface area contributed by atoms with E-state index in [1.54, 1.807) is 23.7 Å². The van der Waals surface area contributed by atoms with Gasteiger partial charge in [-0.1, -0.05) is 60.7 Å². The molecule has 0 spiro atoms. The largest absolute Gasteiger partial charge is 0.312 e. The second kappa shape index (κ2) is 8.42.